The number of hydrogen-bond donors (Lipinski definition) is 3. The number of benzene rings is 2. The Morgan fingerprint density at radius 2 is 1.84 bits per heavy atom. The van der Waals surface area contributed by atoms with E-state index in [0.717, 1.165) is 30.9 Å². The summed E-state index contributed by atoms with van der Waals surface area (Å²) >= 11 is 0. The zero-order valence-corrected chi connectivity index (χ0v) is 14.2. The number of nitrogens with two attached hydrogens (primary N) is 1. The Morgan fingerprint density at radius 1 is 1.16 bits per heavy atom. The lowest BCUT2D eigenvalue weighted by molar-refractivity contribution is 0.272. The second-order valence-corrected chi connectivity index (χ2v) is 5.54. The van der Waals surface area contributed by atoms with Crippen molar-refractivity contribution >= 4 is 17.2 Å². The van der Waals surface area contributed by atoms with Crippen LogP contribution in [-0.2, 0) is 13.1 Å². The minimum absolute atomic E-state index is 0.133. The molecule has 0 heterocycles. The van der Waals surface area contributed by atoms with E-state index >= 15 is 0 Å². The fourth-order valence-corrected chi connectivity index (χ4v) is 2.39. The van der Waals surface area contributed by atoms with Gasteiger partial charge in [0.2, 0.25) is 5.71 Å². The zero-order chi connectivity index (χ0) is 18.1. The zero-order valence-electron chi connectivity index (χ0n) is 14.2. The van der Waals surface area contributed by atoms with Crippen LogP contribution in [0.25, 0.3) is 0 Å². The minimum atomic E-state index is -0.355. The molecule has 128 valence electrons. The molecule has 0 saturated carbocycles. The van der Waals surface area contributed by atoms with Gasteiger partial charge in [0, 0.05) is 13.1 Å². The Kier molecular flexibility index (Phi) is 6.69. The molecule has 0 fully saturated rings. The van der Waals surface area contributed by atoms with Crippen molar-refractivity contribution in [2.75, 3.05) is 12.0 Å². The van der Waals surface area contributed by atoms with E-state index in [1.807, 2.05) is 42.5 Å². The van der Waals surface area contributed by atoms with E-state index in [1.165, 1.54) is 5.56 Å². The fraction of sp³-hybridized carbons (Fsp3) is 0.211. The van der Waals surface area contributed by atoms with Crippen LogP contribution in [0.4, 0.5) is 5.69 Å². The number of nitriles is 1. The number of hydrogen-bond acceptors (Lipinski definition) is 5. The lowest BCUT2D eigenvalue weighted by Crippen LogP contribution is -2.23. The highest BCUT2D eigenvalue weighted by atomic mass is 15.3. The number of nitrogens with zero attached hydrogens (tertiary/aromatic N) is 3. The topological polar surface area (TPSA) is 101 Å². The Morgan fingerprint density at radius 3 is 2.48 bits per heavy atom. The molecule has 6 heteroatoms. The minimum Gasteiger partial charge on any atom is -0.382 e. The van der Waals surface area contributed by atoms with Crippen LogP contribution in [0.15, 0.2) is 59.7 Å². The molecule has 2 rings (SSSR count). The molecular weight excluding hydrogens is 312 g/mol. The first-order valence-corrected chi connectivity index (χ1v) is 8.06. The first kappa shape index (κ1) is 18.2. The molecule has 0 spiro atoms. The molecule has 0 amide bonds. The Bertz CT molecular complexity index is 776. The maximum Gasteiger partial charge on any atom is 0.201 e. The van der Waals surface area contributed by atoms with Gasteiger partial charge in [-0.05, 0) is 23.7 Å². The van der Waals surface area contributed by atoms with Gasteiger partial charge >= 0.3 is 0 Å². The average Bonchev–Trinajstić information content (AvgIpc) is 2.63. The van der Waals surface area contributed by atoms with Gasteiger partial charge in [0.05, 0.1) is 5.69 Å². The van der Waals surface area contributed by atoms with Crippen LogP contribution in [-0.4, -0.2) is 23.0 Å². The first-order valence-electron chi connectivity index (χ1n) is 8.06. The lowest BCUT2D eigenvalue weighted by atomic mass is 10.1. The molecule has 2 aromatic rings. The van der Waals surface area contributed by atoms with Crippen LogP contribution in [0.5, 0.6) is 0 Å². The van der Waals surface area contributed by atoms with E-state index in [1.54, 1.807) is 6.07 Å². The highest BCUT2D eigenvalue weighted by molar-refractivity contribution is 6.45. The molecule has 0 aliphatic rings. The van der Waals surface area contributed by atoms with Gasteiger partial charge in [0.1, 0.15) is 6.07 Å². The van der Waals surface area contributed by atoms with Crippen molar-refractivity contribution < 1.29 is 0 Å². The summed E-state index contributed by atoms with van der Waals surface area (Å²) in [6.07, 6.45) is 0. The molecular formula is C19H22N6. The highest BCUT2D eigenvalue weighted by Crippen LogP contribution is 2.18. The summed E-state index contributed by atoms with van der Waals surface area (Å²) in [5.74, 6) is -0.355. The molecule has 0 bridgehead atoms. The molecule has 0 saturated heterocycles. The standard InChI is InChI=1S/C19H22N6/c1-2-25(13-15-8-4-3-5-9-15)14-16-10-6-7-11-17(16)23-24-18(12-20)19(21)22/h3-11,23H,2,13-14H2,1H3,(H3,21,22)/b24-18+. The van der Waals surface area contributed by atoms with Crippen LogP contribution in [0.1, 0.15) is 18.1 Å². The monoisotopic (exact) mass is 334 g/mol. The second kappa shape index (κ2) is 9.21. The third-order valence-electron chi connectivity index (χ3n) is 3.76. The Labute approximate surface area is 148 Å². The van der Waals surface area contributed by atoms with Gasteiger partial charge in [-0.25, -0.2) is 0 Å². The number of amidine groups is 1. The molecule has 0 aliphatic carbocycles. The number of anilines is 1. The van der Waals surface area contributed by atoms with Crippen molar-refractivity contribution in [3.63, 3.8) is 0 Å². The van der Waals surface area contributed by atoms with Gasteiger partial charge in [0.25, 0.3) is 0 Å². The van der Waals surface area contributed by atoms with Gasteiger partial charge in [-0.15, -0.1) is 0 Å². The summed E-state index contributed by atoms with van der Waals surface area (Å²) in [5.41, 5.74) is 11.2. The number of para-hydroxylation sites is 1. The van der Waals surface area contributed by atoms with Crippen molar-refractivity contribution in [1.82, 2.24) is 4.90 Å². The first-order chi connectivity index (χ1) is 12.1. The smallest absolute Gasteiger partial charge is 0.201 e. The van der Waals surface area contributed by atoms with Gasteiger partial charge < -0.3 is 5.73 Å². The van der Waals surface area contributed by atoms with E-state index in [0.29, 0.717) is 0 Å². The number of nitrogens with one attached hydrogen (secondary N) is 2. The van der Waals surface area contributed by atoms with Crippen LogP contribution >= 0.6 is 0 Å². The van der Waals surface area contributed by atoms with Crippen molar-refractivity contribution in [1.29, 1.82) is 10.7 Å². The summed E-state index contributed by atoms with van der Waals surface area (Å²) in [5, 5.41) is 20.2. The van der Waals surface area contributed by atoms with Crippen molar-refractivity contribution in [2.45, 2.75) is 20.0 Å². The molecule has 0 unspecified atom stereocenters. The maximum absolute atomic E-state index is 8.94. The van der Waals surface area contributed by atoms with E-state index in [4.69, 9.17) is 16.4 Å². The molecule has 0 radical (unpaired) electrons. The summed E-state index contributed by atoms with van der Waals surface area (Å²) in [7, 11) is 0. The molecule has 0 aliphatic heterocycles. The van der Waals surface area contributed by atoms with Crippen LogP contribution in [0.3, 0.4) is 0 Å². The predicted octanol–water partition coefficient (Wildman–Crippen LogP) is 2.94. The van der Waals surface area contributed by atoms with Crippen LogP contribution < -0.4 is 11.2 Å². The SMILES string of the molecule is CCN(Cc1ccccc1)Cc1ccccc1N/N=C(\C#N)C(=N)N. The summed E-state index contributed by atoms with van der Waals surface area (Å²) in [6, 6.07) is 19.9. The molecule has 0 aromatic heterocycles. The number of hydrazone groups is 1. The molecule has 4 N–H and O–H groups in total. The normalized spacial score (nSPS) is 11.2. The van der Waals surface area contributed by atoms with Crippen molar-refractivity contribution in [3.05, 3.63) is 65.7 Å². The van der Waals surface area contributed by atoms with Gasteiger partial charge in [-0.2, -0.15) is 10.4 Å². The third-order valence-corrected chi connectivity index (χ3v) is 3.76. The lowest BCUT2D eigenvalue weighted by Gasteiger charge is -2.22. The molecule has 6 nitrogen and oxygen atoms in total. The van der Waals surface area contributed by atoms with E-state index in [2.05, 4.69) is 34.5 Å². The molecule has 25 heavy (non-hydrogen) atoms. The van der Waals surface area contributed by atoms with E-state index in [9.17, 15) is 0 Å². The van der Waals surface area contributed by atoms with Crippen molar-refractivity contribution in [3.8, 4) is 6.07 Å². The second-order valence-electron chi connectivity index (χ2n) is 5.54. The third kappa shape index (κ3) is 5.44. The maximum atomic E-state index is 8.94. The van der Waals surface area contributed by atoms with Crippen LogP contribution in [0, 0.1) is 16.7 Å². The molecule has 2 aromatic carbocycles. The summed E-state index contributed by atoms with van der Waals surface area (Å²) < 4.78 is 0. The van der Waals surface area contributed by atoms with E-state index < -0.39 is 0 Å². The highest BCUT2D eigenvalue weighted by Gasteiger charge is 2.09. The van der Waals surface area contributed by atoms with Crippen molar-refractivity contribution in [2.24, 2.45) is 10.8 Å². The predicted molar refractivity (Wildman–Crippen MR) is 101 cm³/mol. The summed E-state index contributed by atoms with van der Waals surface area (Å²) in [6.45, 7) is 4.63. The quantitative estimate of drug-likeness (QED) is 0.392. The Balaban J connectivity index is 2.13. The van der Waals surface area contributed by atoms with Crippen LogP contribution in [0.2, 0.25) is 0 Å². The fourth-order valence-electron chi connectivity index (χ4n) is 2.39. The largest absolute Gasteiger partial charge is 0.382 e. The molecule has 0 atom stereocenters. The van der Waals surface area contributed by atoms with Gasteiger partial charge in [-0.3, -0.25) is 15.7 Å². The van der Waals surface area contributed by atoms with E-state index in [-0.39, 0.29) is 11.5 Å². The van der Waals surface area contributed by atoms with Gasteiger partial charge in [0.15, 0.2) is 5.84 Å². The Hall–Kier alpha value is -3.17. The van der Waals surface area contributed by atoms with Gasteiger partial charge in [-0.1, -0.05) is 55.5 Å². The average molecular weight is 334 g/mol. The number of rotatable bonds is 8. The summed E-state index contributed by atoms with van der Waals surface area (Å²) in [4.78, 5) is 2.32.